The van der Waals surface area contributed by atoms with Gasteiger partial charge in [-0.15, -0.1) is 0 Å². The molecule has 2 aromatic carbocycles. The fraction of sp³-hybridized carbons (Fsp3) is 0.0952. The van der Waals surface area contributed by atoms with Crippen LogP contribution in [0.15, 0.2) is 65.6 Å². The van der Waals surface area contributed by atoms with Gasteiger partial charge in [0.15, 0.2) is 6.61 Å². The highest BCUT2D eigenvalue weighted by atomic mass is 16.6. The SMILES string of the molecule is Cn1ccc(NC(=O)COc2ccc(/C=C/c3ccc([N+](=O)[O-])cc3)cc2)nc1=O. The second-order valence-electron chi connectivity index (χ2n) is 6.29. The van der Waals surface area contributed by atoms with E-state index in [-0.39, 0.29) is 18.1 Å². The van der Waals surface area contributed by atoms with Crippen molar-refractivity contribution in [1.82, 2.24) is 9.55 Å². The van der Waals surface area contributed by atoms with Crippen LogP contribution in [0.2, 0.25) is 0 Å². The molecule has 0 unspecified atom stereocenters. The average molecular weight is 406 g/mol. The number of rotatable bonds is 7. The van der Waals surface area contributed by atoms with Crippen LogP contribution in [0, 0.1) is 10.1 Å². The summed E-state index contributed by atoms with van der Waals surface area (Å²) in [6.45, 7) is -0.227. The molecule has 1 heterocycles. The minimum atomic E-state index is -0.467. The van der Waals surface area contributed by atoms with Gasteiger partial charge < -0.3 is 14.6 Å². The Labute approximate surface area is 171 Å². The molecule has 0 saturated carbocycles. The van der Waals surface area contributed by atoms with Crippen molar-refractivity contribution in [2.45, 2.75) is 0 Å². The van der Waals surface area contributed by atoms with E-state index in [4.69, 9.17) is 4.74 Å². The maximum absolute atomic E-state index is 11.9. The quantitative estimate of drug-likeness (QED) is 0.366. The lowest BCUT2D eigenvalue weighted by atomic mass is 10.1. The first kappa shape index (κ1) is 20.5. The number of aryl methyl sites for hydroxylation is 1. The summed E-state index contributed by atoms with van der Waals surface area (Å²) in [4.78, 5) is 37.3. The van der Waals surface area contributed by atoms with Gasteiger partial charge in [0.2, 0.25) is 0 Å². The van der Waals surface area contributed by atoms with E-state index in [1.165, 1.54) is 29.0 Å². The van der Waals surface area contributed by atoms with Crippen LogP contribution in [-0.2, 0) is 11.8 Å². The van der Waals surface area contributed by atoms with E-state index in [0.717, 1.165) is 11.1 Å². The predicted octanol–water partition coefficient (Wildman–Crippen LogP) is 2.88. The number of hydrogen-bond acceptors (Lipinski definition) is 6. The van der Waals surface area contributed by atoms with E-state index in [1.807, 2.05) is 24.3 Å². The van der Waals surface area contributed by atoms with Crippen molar-refractivity contribution < 1.29 is 14.5 Å². The van der Waals surface area contributed by atoms with Crippen molar-refractivity contribution in [2.75, 3.05) is 11.9 Å². The number of ether oxygens (including phenoxy) is 1. The smallest absolute Gasteiger partial charge is 0.349 e. The molecule has 9 heteroatoms. The summed E-state index contributed by atoms with van der Waals surface area (Å²) in [7, 11) is 1.56. The van der Waals surface area contributed by atoms with E-state index >= 15 is 0 Å². The number of amides is 1. The van der Waals surface area contributed by atoms with Gasteiger partial charge in [-0.1, -0.05) is 24.3 Å². The van der Waals surface area contributed by atoms with Gasteiger partial charge in [0.25, 0.3) is 11.6 Å². The van der Waals surface area contributed by atoms with Crippen molar-refractivity contribution >= 4 is 29.6 Å². The van der Waals surface area contributed by atoms with E-state index in [1.54, 1.807) is 31.3 Å². The molecule has 9 nitrogen and oxygen atoms in total. The average Bonchev–Trinajstić information content (AvgIpc) is 2.74. The first-order valence-electron chi connectivity index (χ1n) is 8.90. The standard InChI is InChI=1S/C21H18N4O5/c1-24-13-12-19(23-21(24)27)22-20(26)14-30-18-10-6-16(7-11-18)3-2-15-4-8-17(9-5-15)25(28)29/h2-13H,14H2,1H3,(H,22,23,26,27)/b3-2+. The second-order valence-corrected chi connectivity index (χ2v) is 6.29. The van der Waals surface area contributed by atoms with E-state index in [2.05, 4.69) is 10.3 Å². The summed E-state index contributed by atoms with van der Waals surface area (Å²) in [6.07, 6.45) is 5.21. The number of non-ortho nitro benzene ring substituents is 1. The maximum atomic E-state index is 11.9. The van der Waals surface area contributed by atoms with Crippen molar-refractivity contribution in [3.63, 3.8) is 0 Å². The molecule has 0 bridgehead atoms. The van der Waals surface area contributed by atoms with Gasteiger partial charge in [0.05, 0.1) is 4.92 Å². The van der Waals surface area contributed by atoms with Crippen molar-refractivity contribution in [2.24, 2.45) is 7.05 Å². The highest BCUT2D eigenvalue weighted by molar-refractivity contribution is 5.90. The molecule has 1 aromatic heterocycles. The van der Waals surface area contributed by atoms with Crippen molar-refractivity contribution in [3.8, 4) is 5.75 Å². The molecule has 0 aliphatic heterocycles. The molecule has 30 heavy (non-hydrogen) atoms. The zero-order valence-electron chi connectivity index (χ0n) is 16.0. The lowest BCUT2D eigenvalue weighted by Gasteiger charge is -2.07. The monoisotopic (exact) mass is 406 g/mol. The number of carbonyl (C=O) groups excluding carboxylic acids is 1. The number of nitrogens with one attached hydrogen (secondary N) is 1. The zero-order chi connectivity index (χ0) is 21.5. The summed E-state index contributed by atoms with van der Waals surface area (Å²) in [5, 5.41) is 13.2. The third-order valence-corrected chi connectivity index (χ3v) is 4.06. The molecule has 3 aromatic rings. The van der Waals surface area contributed by atoms with Crippen LogP contribution in [0.4, 0.5) is 11.5 Å². The van der Waals surface area contributed by atoms with Gasteiger partial charge in [-0.25, -0.2) is 4.79 Å². The number of carbonyl (C=O) groups is 1. The normalized spacial score (nSPS) is 10.7. The van der Waals surface area contributed by atoms with Gasteiger partial charge in [-0.05, 0) is 41.5 Å². The topological polar surface area (TPSA) is 116 Å². The van der Waals surface area contributed by atoms with Crippen LogP contribution in [0.25, 0.3) is 12.2 Å². The van der Waals surface area contributed by atoms with E-state index in [9.17, 15) is 19.7 Å². The van der Waals surface area contributed by atoms with Gasteiger partial charge in [-0.2, -0.15) is 4.98 Å². The summed E-state index contributed by atoms with van der Waals surface area (Å²) in [5.74, 6) is 0.242. The Morgan fingerprint density at radius 3 is 2.27 bits per heavy atom. The van der Waals surface area contributed by atoms with Crippen molar-refractivity contribution in [3.05, 3.63) is 92.5 Å². The minimum Gasteiger partial charge on any atom is -0.484 e. The Kier molecular flexibility index (Phi) is 6.33. The number of nitro benzene ring substituents is 1. The van der Waals surface area contributed by atoms with Crippen LogP contribution >= 0.6 is 0 Å². The van der Waals surface area contributed by atoms with Crippen LogP contribution in [0.1, 0.15) is 11.1 Å². The molecule has 0 aliphatic carbocycles. The highest BCUT2D eigenvalue weighted by Crippen LogP contribution is 2.16. The third-order valence-electron chi connectivity index (χ3n) is 4.06. The van der Waals surface area contributed by atoms with E-state index < -0.39 is 16.5 Å². The molecule has 0 atom stereocenters. The van der Waals surface area contributed by atoms with Gasteiger partial charge in [0, 0.05) is 25.4 Å². The minimum absolute atomic E-state index is 0.0446. The summed E-state index contributed by atoms with van der Waals surface area (Å²) >= 11 is 0. The predicted molar refractivity (Wildman–Crippen MR) is 112 cm³/mol. The molecule has 0 fully saturated rings. The molecule has 0 spiro atoms. The Balaban J connectivity index is 1.52. The maximum Gasteiger partial charge on any atom is 0.349 e. The molecule has 0 saturated heterocycles. The first-order valence-corrected chi connectivity index (χ1v) is 8.90. The first-order chi connectivity index (χ1) is 14.4. The number of anilines is 1. The third kappa shape index (κ3) is 5.61. The molecule has 152 valence electrons. The molecule has 3 rings (SSSR count). The van der Waals surface area contributed by atoms with Crippen LogP contribution in [-0.4, -0.2) is 27.0 Å². The van der Waals surface area contributed by atoms with Gasteiger partial charge >= 0.3 is 5.69 Å². The van der Waals surface area contributed by atoms with Crippen LogP contribution in [0.3, 0.4) is 0 Å². The lowest BCUT2D eigenvalue weighted by molar-refractivity contribution is -0.384. The molecule has 0 radical (unpaired) electrons. The molecule has 0 aliphatic rings. The van der Waals surface area contributed by atoms with E-state index in [0.29, 0.717) is 5.75 Å². The number of aromatic nitrogens is 2. The molecule has 1 amide bonds. The Morgan fingerprint density at radius 1 is 1.10 bits per heavy atom. The number of nitrogens with zero attached hydrogens (tertiary/aromatic N) is 3. The number of hydrogen-bond donors (Lipinski definition) is 1. The number of benzene rings is 2. The Bertz CT molecular complexity index is 1140. The van der Waals surface area contributed by atoms with Crippen molar-refractivity contribution in [1.29, 1.82) is 0 Å². The van der Waals surface area contributed by atoms with Gasteiger partial charge in [-0.3, -0.25) is 14.9 Å². The molecular weight excluding hydrogens is 388 g/mol. The highest BCUT2D eigenvalue weighted by Gasteiger charge is 2.06. The van der Waals surface area contributed by atoms with Gasteiger partial charge in [0.1, 0.15) is 11.6 Å². The second kappa shape index (κ2) is 9.28. The lowest BCUT2D eigenvalue weighted by Crippen LogP contribution is -2.25. The fourth-order valence-corrected chi connectivity index (χ4v) is 2.44. The molecule has 1 N–H and O–H groups in total. The molecular formula is C21H18N4O5. The summed E-state index contributed by atoms with van der Waals surface area (Å²) in [6, 6.07) is 14.8. The van der Waals surface area contributed by atoms with Crippen LogP contribution < -0.4 is 15.7 Å². The van der Waals surface area contributed by atoms with Crippen LogP contribution in [0.5, 0.6) is 5.75 Å². The fourth-order valence-electron chi connectivity index (χ4n) is 2.44. The number of nitro groups is 1. The summed E-state index contributed by atoms with van der Waals surface area (Å²) in [5.41, 5.74) is 1.31. The zero-order valence-corrected chi connectivity index (χ0v) is 16.0. The Morgan fingerprint density at radius 2 is 1.70 bits per heavy atom. The Hall–Kier alpha value is -4.27. The summed E-state index contributed by atoms with van der Waals surface area (Å²) < 4.78 is 6.73. The largest absolute Gasteiger partial charge is 0.484 e.